The number of carbonyl (C=O) groups excluding carboxylic acids is 1. The smallest absolute Gasteiger partial charge is 0.343 e. The first-order valence-corrected chi connectivity index (χ1v) is 16.8. The third kappa shape index (κ3) is 9.22. The molecule has 1 heterocycles. The molecule has 2 aromatic carbocycles. The van der Waals surface area contributed by atoms with E-state index in [1.54, 1.807) is 0 Å². The summed E-state index contributed by atoms with van der Waals surface area (Å²) in [5, 5.41) is 0. The summed E-state index contributed by atoms with van der Waals surface area (Å²) in [6.45, 7) is 18.0. The molecule has 0 aromatic heterocycles. The van der Waals surface area contributed by atoms with Gasteiger partial charge in [0.1, 0.15) is 17.1 Å². The third-order valence-electron chi connectivity index (χ3n) is 9.11. The first kappa shape index (κ1) is 32.9. The van der Waals surface area contributed by atoms with Crippen molar-refractivity contribution in [3.63, 3.8) is 0 Å². The van der Waals surface area contributed by atoms with Crippen LogP contribution in [-0.4, -0.2) is 11.6 Å². The molecule has 3 rings (SSSR count). The number of esters is 1. The Morgan fingerprint density at radius 2 is 1.45 bits per heavy atom. The average Bonchev–Trinajstić information content (AvgIpc) is 2.89. The minimum Gasteiger partial charge on any atom is -0.487 e. The van der Waals surface area contributed by atoms with Crippen LogP contribution in [0.15, 0.2) is 24.3 Å². The van der Waals surface area contributed by atoms with Crippen molar-refractivity contribution < 1.29 is 14.3 Å². The zero-order chi connectivity index (χ0) is 29.4. The van der Waals surface area contributed by atoms with Gasteiger partial charge in [0.25, 0.3) is 0 Å². The van der Waals surface area contributed by atoms with Crippen molar-refractivity contribution in [1.82, 2.24) is 0 Å². The van der Waals surface area contributed by atoms with Crippen molar-refractivity contribution in [3.05, 3.63) is 55.7 Å². The molecule has 40 heavy (non-hydrogen) atoms. The van der Waals surface area contributed by atoms with E-state index in [9.17, 15) is 4.79 Å². The Kier molecular flexibility index (Phi) is 12.4. The highest BCUT2D eigenvalue weighted by Crippen LogP contribution is 2.45. The second kappa shape index (κ2) is 15.1. The highest BCUT2D eigenvalue weighted by atomic mass is 127. The Bertz CT molecular complexity index is 1120. The van der Waals surface area contributed by atoms with Gasteiger partial charge in [-0.15, -0.1) is 0 Å². The van der Waals surface area contributed by atoms with Crippen LogP contribution in [0.5, 0.6) is 11.5 Å². The van der Waals surface area contributed by atoms with Crippen molar-refractivity contribution in [3.8, 4) is 11.5 Å². The lowest BCUT2D eigenvalue weighted by Gasteiger charge is -2.38. The first-order chi connectivity index (χ1) is 18.9. The quantitative estimate of drug-likeness (QED) is 0.115. The fourth-order valence-corrected chi connectivity index (χ4v) is 6.51. The van der Waals surface area contributed by atoms with E-state index >= 15 is 0 Å². The molecule has 1 aliphatic rings. The molecule has 0 spiro atoms. The number of hydrogen-bond donors (Lipinski definition) is 0. The Hall–Kier alpha value is -1.56. The Balaban J connectivity index is 1.53. The summed E-state index contributed by atoms with van der Waals surface area (Å²) in [6, 6.07) is 7.51. The number of rotatable bonds is 14. The zero-order valence-electron chi connectivity index (χ0n) is 26.4. The van der Waals surface area contributed by atoms with E-state index in [-0.39, 0.29) is 11.6 Å². The van der Waals surface area contributed by atoms with Gasteiger partial charge in [0, 0.05) is 9.13 Å². The summed E-state index contributed by atoms with van der Waals surface area (Å²) in [4.78, 5) is 12.9. The van der Waals surface area contributed by atoms with E-state index in [2.05, 4.69) is 71.1 Å². The summed E-state index contributed by atoms with van der Waals surface area (Å²) >= 11 is 2.24. The molecular formula is C36H53IO3. The normalized spacial score (nSPS) is 18.2. The molecule has 222 valence electrons. The molecule has 3 nitrogen and oxygen atoms in total. The molecule has 0 amide bonds. The van der Waals surface area contributed by atoms with Crippen LogP contribution < -0.4 is 9.47 Å². The molecule has 3 atom stereocenters. The maximum Gasteiger partial charge on any atom is 0.343 e. The Morgan fingerprint density at radius 3 is 2.05 bits per heavy atom. The number of ether oxygens (including phenoxy) is 2. The molecule has 2 aromatic rings. The largest absolute Gasteiger partial charge is 0.487 e. The van der Waals surface area contributed by atoms with Crippen molar-refractivity contribution in [1.29, 1.82) is 0 Å². The van der Waals surface area contributed by atoms with Crippen LogP contribution >= 0.6 is 22.6 Å². The van der Waals surface area contributed by atoms with Crippen LogP contribution in [0.1, 0.15) is 131 Å². The van der Waals surface area contributed by atoms with Crippen molar-refractivity contribution in [2.75, 3.05) is 0 Å². The second-order valence-electron chi connectivity index (χ2n) is 13.3. The zero-order valence-corrected chi connectivity index (χ0v) is 28.6. The number of benzene rings is 2. The summed E-state index contributed by atoms with van der Waals surface area (Å²) in [7, 11) is 0. The van der Waals surface area contributed by atoms with Gasteiger partial charge in [0.2, 0.25) is 0 Å². The van der Waals surface area contributed by atoms with Gasteiger partial charge in [-0.2, -0.15) is 0 Å². The molecule has 0 N–H and O–H groups in total. The number of halogens is 1. The molecule has 1 aliphatic heterocycles. The van der Waals surface area contributed by atoms with E-state index in [4.69, 9.17) is 9.47 Å². The molecule has 1 unspecified atom stereocenters. The van der Waals surface area contributed by atoms with Gasteiger partial charge in [-0.3, -0.25) is 0 Å². The van der Waals surface area contributed by atoms with Crippen molar-refractivity contribution in [2.45, 2.75) is 132 Å². The predicted octanol–water partition coefficient (Wildman–Crippen LogP) is 11.0. The van der Waals surface area contributed by atoms with E-state index in [0.717, 1.165) is 63.0 Å². The molecule has 0 fully saturated rings. The topological polar surface area (TPSA) is 35.5 Å². The van der Waals surface area contributed by atoms with E-state index in [0.29, 0.717) is 11.3 Å². The van der Waals surface area contributed by atoms with Gasteiger partial charge in [-0.05, 0) is 135 Å². The monoisotopic (exact) mass is 660 g/mol. The molecular weight excluding hydrogens is 607 g/mol. The number of carbonyl (C=O) groups is 1. The highest BCUT2D eigenvalue weighted by molar-refractivity contribution is 14.1. The average molecular weight is 661 g/mol. The Morgan fingerprint density at radius 1 is 0.875 bits per heavy atom. The fourth-order valence-electron chi connectivity index (χ4n) is 6.15. The van der Waals surface area contributed by atoms with Crippen molar-refractivity contribution >= 4 is 28.6 Å². The van der Waals surface area contributed by atoms with Gasteiger partial charge < -0.3 is 9.47 Å². The molecule has 0 aliphatic carbocycles. The minimum absolute atomic E-state index is 0.138. The lowest BCUT2D eigenvalue weighted by atomic mass is 9.83. The van der Waals surface area contributed by atoms with Crippen LogP contribution in [0.4, 0.5) is 0 Å². The SMILES string of the molecule is Cc1c(C)c2c(c(C)c1OC(=O)c1ccc(I)cc1)CCC(C)(CCC[C@H](C)CCC[C@H](C)CCCC(C)C)O2. The molecule has 0 bridgehead atoms. The van der Waals surface area contributed by atoms with E-state index < -0.39 is 0 Å². The number of hydrogen-bond acceptors (Lipinski definition) is 3. The standard InChI is InChI=1S/C36H53IO3/c1-24(2)12-9-13-25(3)14-10-15-26(4)16-11-22-36(8)23-21-32-29(7)33(27(5)28(6)34(32)40-36)39-35(38)30-17-19-31(37)20-18-30/h17-20,24-26H,9-16,21-23H2,1-8H3/t25-,26-,36?/m1/s1. The molecule has 0 saturated heterocycles. The minimum atomic E-state index is -0.307. The third-order valence-corrected chi connectivity index (χ3v) is 9.83. The number of fused-ring (bicyclic) bond motifs is 1. The lowest BCUT2D eigenvalue weighted by Crippen LogP contribution is -2.37. The van der Waals surface area contributed by atoms with Crippen LogP contribution in [0.25, 0.3) is 0 Å². The Labute approximate surface area is 258 Å². The lowest BCUT2D eigenvalue weighted by molar-refractivity contribution is 0.0508. The highest BCUT2D eigenvalue weighted by Gasteiger charge is 2.35. The second-order valence-corrected chi connectivity index (χ2v) is 14.6. The van der Waals surface area contributed by atoms with Gasteiger partial charge in [-0.1, -0.05) is 72.6 Å². The summed E-state index contributed by atoms with van der Waals surface area (Å²) < 4.78 is 13.8. The van der Waals surface area contributed by atoms with Gasteiger partial charge in [0.05, 0.1) is 5.56 Å². The van der Waals surface area contributed by atoms with Gasteiger partial charge >= 0.3 is 5.97 Å². The summed E-state index contributed by atoms with van der Waals surface area (Å²) in [6.07, 6.45) is 13.7. The van der Waals surface area contributed by atoms with E-state index in [1.807, 2.05) is 31.2 Å². The molecule has 4 heteroatoms. The van der Waals surface area contributed by atoms with Gasteiger partial charge in [0.15, 0.2) is 0 Å². The first-order valence-electron chi connectivity index (χ1n) is 15.7. The predicted molar refractivity (Wildman–Crippen MR) is 177 cm³/mol. The summed E-state index contributed by atoms with van der Waals surface area (Å²) in [5.41, 5.74) is 4.75. The maximum absolute atomic E-state index is 12.9. The van der Waals surface area contributed by atoms with E-state index in [1.165, 1.54) is 56.9 Å². The van der Waals surface area contributed by atoms with Crippen molar-refractivity contribution in [2.24, 2.45) is 17.8 Å². The van der Waals surface area contributed by atoms with Gasteiger partial charge in [-0.25, -0.2) is 4.79 Å². The summed E-state index contributed by atoms with van der Waals surface area (Å²) in [5.74, 6) is 3.87. The molecule has 0 saturated carbocycles. The van der Waals surface area contributed by atoms with Crippen LogP contribution in [0.2, 0.25) is 0 Å². The van der Waals surface area contributed by atoms with Crippen LogP contribution in [0.3, 0.4) is 0 Å². The van der Waals surface area contributed by atoms with Crippen LogP contribution in [0, 0.1) is 42.1 Å². The fraction of sp³-hybridized carbons (Fsp3) is 0.639. The molecule has 0 radical (unpaired) electrons. The van der Waals surface area contributed by atoms with Crippen LogP contribution in [-0.2, 0) is 6.42 Å². The maximum atomic E-state index is 12.9.